The number of anilines is 1. The smallest absolute Gasteiger partial charge is 0.265 e. The molecular weight excluding hydrogens is 455 g/mol. The van der Waals surface area contributed by atoms with E-state index in [9.17, 15) is 14.0 Å². The number of ether oxygens (including phenoxy) is 1. The summed E-state index contributed by atoms with van der Waals surface area (Å²) in [5, 5.41) is 2.90. The van der Waals surface area contributed by atoms with Crippen LogP contribution in [0.5, 0.6) is 5.75 Å². The monoisotopic (exact) mass is 488 g/mol. The molecule has 1 aliphatic heterocycles. The number of rotatable bonds is 6. The molecule has 1 N–H and O–H groups in total. The molecule has 36 heavy (non-hydrogen) atoms. The third-order valence-electron chi connectivity index (χ3n) is 6.40. The Kier molecular flexibility index (Phi) is 7.43. The van der Waals surface area contributed by atoms with Gasteiger partial charge in [-0.25, -0.2) is 4.39 Å². The standard InChI is InChI=1S/C30H33FN2O3/c1-5-26(28(34)32-23-12-7-6-8-13-23)36-24-15-14-20-16-17-33(29(35)30(2,3)4)27(25(20)19-24)21-10-9-11-22(31)18-21/h6-15,18-19,26-27H,5,16-17H2,1-4H3,(H,32,34)/t26-,27+/m0/s1. The zero-order valence-electron chi connectivity index (χ0n) is 21.3. The van der Waals surface area contributed by atoms with Crippen molar-refractivity contribution in [3.63, 3.8) is 0 Å². The van der Waals surface area contributed by atoms with E-state index in [0.29, 0.717) is 36.4 Å². The molecule has 0 unspecified atom stereocenters. The van der Waals surface area contributed by atoms with Gasteiger partial charge in [0.25, 0.3) is 5.91 Å². The summed E-state index contributed by atoms with van der Waals surface area (Å²) >= 11 is 0. The first kappa shape index (κ1) is 25.4. The Morgan fingerprint density at radius 3 is 2.47 bits per heavy atom. The molecule has 0 aliphatic carbocycles. The highest BCUT2D eigenvalue weighted by atomic mass is 19.1. The van der Waals surface area contributed by atoms with Crippen molar-refractivity contribution < 1.29 is 18.7 Å². The van der Waals surface area contributed by atoms with Crippen LogP contribution in [0.1, 0.15) is 56.8 Å². The molecule has 6 heteroatoms. The normalized spacial score (nSPS) is 16.1. The van der Waals surface area contributed by atoms with Gasteiger partial charge in [-0.1, -0.05) is 64.1 Å². The fourth-order valence-electron chi connectivity index (χ4n) is 4.58. The summed E-state index contributed by atoms with van der Waals surface area (Å²) in [6.45, 7) is 8.12. The van der Waals surface area contributed by atoms with E-state index in [1.165, 1.54) is 12.1 Å². The minimum Gasteiger partial charge on any atom is -0.481 e. The lowest BCUT2D eigenvalue weighted by molar-refractivity contribution is -0.141. The van der Waals surface area contributed by atoms with Crippen molar-refractivity contribution in [3.05, 3.63) is 95.3 Å². The summed E-state index contributed by atoms with van der Waals surface area (Å²) in [5.74, 6) is -0.0378. The van der Waals surface area contributed by atoms with Crippen molar-refractivity contribution in [1.82, 2.24) is 4.90 Å². The van der Waals surface area contributed by atoms with Crippen LogP contribution in [-0.4, -0.2) is 29.4 Å². The maximum absolute atomic E-state index is 14.3. The SMILES string of the molecule is CC[C@H](Oc1ccc2c(c1)[C@@H](c1cccc(F)c1)N(C(=O)C(C)(C)C)CC2)C(=O)Nc1ccccc1. The Bertz CT molecular complexity index is 1240. The van der Waals surface area contributed by atoms with Crippen molar-refractivity contribution in [1.29, 1.82) is 0 Å². The average Bonchev–Trinajstić information content (AvgIpc) is 2.86. The Balaban J connectivity index is 1.67. The van der Waals surface area contributed by atoms with Crippen molar-refractivity contribution in [2.45, 2.75) is 52.7 Å². The summed E-state index contributed by atoms with van der Waals surface area (Å²) < 4.78 is 20.4. The first-order chi connectivity index (χ1) is 17.2. The maximum atomic E-state index is 14.3. The fourth-order valence-corrected chi connectivity index (χ4v) is 4.58. The third kappa shape index (κ3) is 5.59. The van der Waals surface area contributed by atoms with E-state index in [2.05, 4.69) is 5.32 Å². The number of hydrogen-bond donors (Lipinski definition) is 1. The predicted octanol–water partition coefficient (Wildman–Crippen LogP) is 6.14. The molecule has 0 spiro atoms. The average molecular weight is 489 g/mol. The zero-order chi connectivity index (χ0) is 25.9. The first-order valence-electron chi connectivity index (χ1n) is 12.4. The molecule has 0 aromatic heterocycles. The zero-order valence-corrected chi connectivity index (χ0v) is 21.3. The van der Waals surface area contributed by atoms with Gasteiger partial charge in [-0.05, 0) is 65.9 Å². The molecule has 4 rings (SSSR count). The van der Waals surface area contributed by atoms with E-state index < -0.39 is 17.6 Å². The number of hydrogen-bond acceptors (Lipinski definition) is 3. The largest absolute Gasteiger partial charge is 0.481 e. The molecule has 0 saturated carbocycles. The first-order valence-corrected chi connectivity index (χ1v) is 12.4. The van der Waals surface area contributed by atoms with Gasteiger partial charge in [-0.2, -0.15) is 0 Å². The van der Waals surface area contributed by atoms with Gasteiger partial charge in [0, 0.05) is 17.6 Å². The molecule has 0 radical (unpaired) electrons. The predicted molar refractivity (Wildman–Crippen MR) is 139 cm³/mol. The topological polar surface area (TPSA) is 58.6 Å². The molecule has 2 atom stereocenters. The summed E-state index contributed by atoms with van der Waals surface area (Å²) in [6, 6.07) is 21.0. The van der Waals surface area contributed by atoms with E-state index in [4.69, 9.17) is 4.74 Å². The van der Waals surface area contributed by atoms with Crippen molar-refractivity contribution >= 4 is 17.5 Å². The summed E-state index contributed by atoms with van der Waals surface area (Å²) in [5.41, 5.74) is 2.80. The van der Waals surface area contributed by atoms with Crippen LogP contribution >= 0.6 is 0 Å². The molecule has 0 saturated heterocycles. The maximum Gasteiger partial charge on any atom is 0.265 e. The lowest BCUT2D eigenvalue weighted by Crippen LogP contribution is -2.45. The van der Waals surface area contributed by atoms with E-state index in [1.54, 1.807) is 6.07 Å². The fraction of sp³-hybridized carbons (Fsp3) is 0.333. The van der Waals surface area contributed by atoms with E-state index in [-0.39, 0.29) is 17.6 Å². The second-order valence-corrected chi connectivity index (χ2v) is 10.2. The molecular formula is C30H33FN2O3. The second kappa shape index (κ2) is 10.5. The van der Waals surface area contributed by atoms with Gasteiger partial charge in [0.2, 0.25) is 5.91 Å². The summed E-state index contributed by atoms with van der Waals surface area (Å²) in [4.78, 5) is 28.1. The molecule has 5 nitrogen and oxygen atoms in total. The highest BCUT2D eigenvalue weighted by Gasteiger charge is 2.37. The number of amides is 2. The van der Waals surface area contributed by atoms with Gasteiger partial charge in [0.05, 0.1) is 6.04 Å². The lowest BCUT2D eigenvalue weighted by atomic mass is 9.85. The van der Waals surface area contributed by atoms with Crippen molar-refractivity contribution in [2.75, 3.05) is 11.9 Å². The molecule has 188 valence electrons. The van der Waals surface area contributed by atoms with Crippen LogP contribution in [0.15, 0.2) is 72.8 Å². The Labute approximate surface area is 212 Å². The quantitative estimate of drug-likeness (QED) is 0.453. The third-order valence-corrected chi connectivity index (χ3v) is 6.40. The van der Waals surface area contributed by atoms with Crippen LogP contribution in [0.25, 0.3) is 0 Å². The number of carbonyl (C=O) groups is 2. The van der Waals surface area contributed by atoms with Crippen LogP contribution in [0, 0.1) is 11.2 Å². The number of para-hydroxylation sites is 1. The van der Waals surface area contributed by atoms with Crippen molar-refractivity contribution in [3.8, 4) is 5.75 Å². The molecule has 0 bridgehead atoms. The van der Waals surface area contributed by atoms with Crippen LogP contribution < -0.4 is 10.1 Å². The molecule has 3 aromatic carbocycles. The number of benzene rings is 3. The van der Waals surface area contributed by atoms with E-state index >= 15 is 0 Å². The van der Waals surface area contributed by atoms with E-state index in [1.807, 2.05) is 87.2 Å². The molecule has 2 amide bonds. The number of fused-ring (bicyclic) bond motifs is 1. The van der Waals surface area contributed by atoms with Crippen LogP contribution in [0.3, 0.4) is 0 Å². The van der Waals surface area contributed by atoms with Crippen LogP contribution in [0.2, 0.25) is 0 Å². The molecule has 1 heterocycles. The number of nitrogens with one attached hydrogen (secondary N) is 1. The minimum atomic E-state index is -0.688. The Morgan fingerprint density at radius 2 is 1.81 bits per heavy atom. The van der Waals surface area contributed by atoms with Gasteiger partial charge in [-0.15, -0.1) is 0 Å². The molecule has 1 aliphatic rings. The summed E-state index contributed by atoms with van der Waals surface area (Å²) in [6.07, 6.45) is 0.485. The van der Waals surface area contributed by atoms with Crippen molar-refractivity contribution in [2.24, 2.45) is 5.41 Å². The number of halogens is 1. The van der Waals surface area contributed by atoms with E-state index in [0.717, 1.165) is 11.1 Å². The molecule has 3 aromatic rings. The minimum absolute atomic E-state index is 0.00223. The van der Waals surface area contributed by atoms with Gasteiger partial charge in [0.15, 0.2) is 6.10 Å². The number of nitrogens with zero attached hydrogens (tertiary/aromatic N) is 1. The lowest BCUT2D eigenvalue weighted by Gasteiger charge is -2.41. The van der Waals surface area contributed by atoms with Gasteiger partial charge >= 0.3 is 0 Å². The van der Waals surface area contributed by atoms with Crippen LogP contribution in [-0.2, 0) is 16.0 Å². The Morgan fingerprint density at radius 1 is 1.06 bits per heavy atom. The summed E-state index contributed by atoms with van der Waals surface area (Å²) in [7, 11) is 0. The van der Waals surface area contributed by atoms with Crippen LogP contribution in [0.4, 0.5) is 10.1 Å². The van der Waals surface area contributed by atoms with Gasteiger partial charge in [-0.3, -0.25) is 9.59 Å². The second-order valence-electron chi connectivity index (χ2n) is 10.2. The highest BCUT2D eigenvalue weighted by molar-refractivity contribution is 5.94. The molecule has 0 fully saturated rings. The van der Waals surface area contributed by atoms with Gasteiger partial charge in [0.1, 0.15) is 11.6 Å². The number of carbonyl (C=O) groups excluding carboxylic acids is 2. The highest BCUT2D eigenvalue weighted by Crippen LogP contribution is 2.39. The Hall–Kier alpha value is -3.67. The van der Waals surface area contributed by atoms with Gasteiger partial charge < -0.3 is 15.0 Å².